The molecule has 1 amide bonds. The second-order valence-corrected chi connectivity index (χ2v) is 4.86. The lowest BCUT2D eigenvalue weighted by Gasteiger charge is -2.18. The zero-order chi connectivity index (χ0) is 15.9. The molecule has 0 spiro atoms. The molecule has 2 aromatic rings. The molecule has 0 fully saturated rings. The van der Waals surface area contributed by atoms with Crippen molar-refractivity contribution in [2.24, 2.45) is 5.73 Å². The molecule has 0 unspecified atom stereocenters. The molecular weight excluding hydrogens is 280 g/mol. The van der Waals surface area contributed by atoms with E-state index < -0.39 is 5.91 Å². The van der Waals surface area contributed by atoms with Gasteiger partial charge in [-0.15, -0.1) is 0 Å². The Morgan fingerprint density at radius 1 is 1.23 bits per heavy atom. The van der Waals surface area contributed by atoms with Crippen molar-refractivity contribution in [2.45, 2.75) is 13.8 Å². The Balaban J connectivity index is 1.98. The van der Waals surface area contributed by atoms with Crippen molar-refractivity contribution in [1.29, 1.82) is 0 Å². The number of benzene rings is 1. The summed E-state index contributed by atoms with van der Waals surface area (Å²) in [6.07, 6.45) is 1.55. The quantitative estimate of drug-likeness (QED) is 0.805. The lowest BCUT2D eigenvalue weighted by molar-refractivity contribution is 0.0993. The van der Waals surface area contributed by atoms with E-state index in [4.69, 9.17) is 10.5 Å². The molecule has 0 aliphatic rings. The standard InChI is InChI=1S/C16H22N4O2/c1-3-19(4-2)11-12-22-14-7-5-13(6-8-14)20-15(16(17)21)9-10-18-20/h5-10H,3-4,11-12H2,1-2H3,(H2,17,21). The van der Waals surface area contributed by atoms with E-state index in [1.165, 1.54) is 4.68 Å². The largest absolute Gasteiger partial charge is 0.492 e. The predicted molar refractivity (Wildman–Crippen MR) is 85.4 cm³/mol. The van der Waals surface area contributed by atoms with Crippen LogP contribution in [0.25, 0.3) is 5.69 Å². The Morgan fingerprint density at radius 2 is 1.91 bits per heavy atom. The van der Waals surface area contributed by atoms with Crippen LogP contribution >= 0.6 is 0 Å². The van der Waals surface area contributed by atoms with Crippen molar-refractivity contribution < 1.29 is 9.53 Å². The number of hydrogen-bond acceptors (Lipinski definition) is 4. The van der Waals surface area contributed by atoms with Crippen LogP contribution < -0.4 is 10.5 Å². The third-order valence-electron chi connectivity index (χ3n) is 3.55. The molecule has 2 N–H and O–H groups in total. The number of likely N-dealkylation sites (N-methyl/N-ethyl adjacent to an activating group) is 1. The maximum absolute atomic E-state index is 11.3. The number of aromatic nitrogens is 2. The van der Waals surface area contributed by atoms with Gasteiger partial charge in [0.1, 0.15) is 18.1 Å². The SMILES string of the molecule is CCN(CC)CCOc1ccc(-n2nccc2C(N)=O)cc1. The van der Waals surface area contributed by atoms with Crippen molar-refractivity contribution in [3.8, 4) is 11.4 Å². The Bertz CT molecular complexity index is 603. The van der Waals surface area contributed by atoms with Crippen LogP contribution in [0.1, 0.15) is 24.3 Å². The fourth-order valence-electron chi connectivity index (χ4n) is 2.21. The number of carbonyl (C=O) groups is 1. The highest BCUT2D eigenvalue weighted by Crippen LogP contribution is 2.16. The van der Waals surface area contributed by atoms with Crippen molar-refractivity contribution in [2.75, 3.05) is 26.2 Å². The molecule has 1 aromatic heterocycles. The summed E-state index contributed by atoms with van der Waals surface area (Å²) in [6.45, 7) is 7.87. The van der Waals surface area contributed by atoms with Crippen LogP contribution in [0.3, 0.4) is 0 Å². The first kappa shape index (κ1) is 16.0. The van der Waals surface area contributed by atoms with Gasteiger partial charge in [-0.2, -0.15) is 5.10 Å². The molecule has 0 aliphatic heterocycles. The van der Waals surface area contributed by atoms with Crippen molar-refractivity contribution in [3.05, 3.63) is 42.2 Å². The van der Waals surface area contributed by atoms with Gasteiger partial charge in [0.25, 0.3) is 5.91 Å². The summed E-state index contributed by atoms with van der Waals surface area (Å²) >= 11 is 0. The van der Waals surface area contributed by atoms with Gasteiger partial charge in [0, 0.05) is 6.54 Å². The van der Waals surface area contributed by atoms with Crippen molar-refractivity contribution in [3.63, 3.8) is 0 Å². The Morgan fingerprint density at radius 3 is 2.50 bits per heavy atom. The molecule has 0 aliphatic carbocycles. The fourth-order valence-corrected chi connectivity index (χ4v) is 2.21. The molecule has 0 saturated heterocycles. The monoisotopic (exact) mass is 302 g/mol. The number of carbonyl (C=O) groups excluding carboxylic acids is 1. The molecule has 0 bridgehead atoms. The molecule has 118 valence electrons. The second-order valence-electron chi connectivity index (χ2n) is 4.86. The summed E-state index contributed by atoms with van der Waals surface area (Å²) < 4.78 is 7.24. The van der Waals surface area contributed by atoms with Gasteiger partial charge in [-0.25, -0.2) is 4.68 Å². The topological polar surface area (TPSA) is 73.4 Å². The minimum Gasteiger partial charge on any atom is -0.492 e. The number of amides is 1. The van der Waals surface area contributed by atoms with E-state index in [0.717, 1.165) is 31.1 Å². The van der Waals surface area contributed by atoms with Crippen LogP contribution in [0.2, 0.25) is 0 Å². The summed E-state index contributed by atoms with van der Waals surface area (Å²) in [7, 11) is 0. The van der Waals surface area contributed by atoms with Crippen LogP contribution in [-0.4, -0.2) is 46.8 Å². The molecule has 6 heteroatoms. The summed E-state index contributed by atoms with van der Waals surface area (Å²) in [5.41, 5.74) is 6.45. The average Bonchev–Trinajstić information content (AvgIpc) is 3.02. The molecule has 0 radical (unpaired) electrons. The second kappa shape index (κ2) is 7.61. The van der Waals surface area contributed by atoms with Gasteiger partial charge in [0.2, 0.25) is 0 Å². The molecule has 6 nitrogen and oxygen atoms in total. The lowest BCUT2D eigenvalue weighted by Crippen LogP contribution is -2.27. The number of primary amides is 1. The van der Waals surface area contributed by atoms with E-state index in [2.05, 4.69) is 23.8 Å². The summed E-state index contributed by atoms with van der Waals surface area (Å²) in [6, 6.07) is 9.03. The highest BCUT2D eigenvalue weighted by atomic mass is 16.5. The van der Waals surface area contributed by atoms with Gasteiger partial charge in [0.15, 0.2) is 0 Å². The number of ether oxygens (including phenoxy) is 1. The van der Waals surface area contributed by atoms with Crippen LogP contribution in [0.5, 0.6) is 5.75 Å². The van der Waals surface area contributed by atoms with E-state index >= 15 is 0 Å². The molecule has 2 rings (SSSR count). The fraction of sp³-hybridized carbons (Fsp3) is 0.375. The third-order valence-corrected chi connectivity index (χ3v) is 3.55. The molecule has 22 heavy (non-hydrogen) atoms. The molecule has 1 aromatic carbocycles. The first-order chi connectivity index (χ1) is 10.7. The van der Waals surface area contributed by atoms with Gasteiger partial charge >= 0.3 is 0 Å². The number of rotatable bonds is 8. The van der Waals surface area contributed by atoms with Crippen LogP contribution in [0.4, 0.5) is 0 Å². The Labute approximate surface area is 130 Å². The molecular formula is C16H22N4O2. The van der Waals surface area contributed by atoms with Crippen LogP contribution in [-0.2, 0) is 0 Å². The highest BCUT2D eigenvalue weighted by Gasteiger charge is 2.09. The first-order valence-electron chi connectivity index (χ1n) is 7.45. The predicted octanol–water partition coefficient (Wildman–Crippen LogP) is 1.69. The number of hydrogen-bond donors (Lipinski definition) is 1. The lowest BCUT2D eigenvalue weighted by atomic mass is 10.3. The van der Waals surface area contributed by atoms with Gasteiger partial charge < -0.3 is 15.4 Å². The van der Waals surface area contributed by atoms with E-state index in [0.29, 0.717) is 12.3 Å². The number of nitrogens with zero attached hydrogens (tertiary/aromatic N) is 3. The Hall–Kier alpha value is -2.34. The van der Waals surface area contributed by atoms with Gasteiger partial charge in [-0.05, 0) is 43.4 Å². The van der Waals surface area contributed by atoms with Crippen LogP contribution in [0, 0.1) is 0 Å². The zero-order valence-electron chi connectivity index (χ0n) is 13.0. The average molecular weight is 302 g/mol. The van der Waals surface area contributed by atoms with Gasteiger partial charge in [-0.3, -0.25) is 4.79 Å². The normalized spacial score (nSPS) is 10.9. The summed E-state index contributed by atoms with van der Waals surface area (Å²) in [5, 5.41) is 4.11. The van der Waals surface area contributed by atoms with E-state index in [1.807, 2.05) is 24.3 Å². The van der Waals surface area contributed by atoms with E-state index in [1.54, 1.807) is 12.3 Å². The molecule has 1 heterocycles. The zero-order valence-corrected chi connectivity index (χ0v) is 13.0. The minimum absolute atomic E-state index is 0.357. The molecule has 0 atom stereocenters. The van der Waals surface area contributed by atoms with Gasteiger partial charge in [-0.1, -0.05) is 13.8 Å². The van der Waals surface area contributed by atoms with Crippen molar-refractivity contribution in [1.82, 2.24) is 14.7 Å². The highest BCUT2D eigenvalue weighted by molar-refractivity contribution is 5.91. The first-order valence-corrected chi connectivity index (χ1v) is 7.45. The summed E-state index contributed by atoms with van der Waals surface area (Å²) in [4.78, 5) is 13.6. The summed E-state index contributed by atoms with van der Waals surface area (Å²) in [5.74, 6) is 0.292. The minimum atomic E-state index is -0.503. The number of nitrogens with two attached hydrogens (primary N) is 1. The Kier molecular flexibility index (Phi) is 5.55. The van der Waals surface area contributed by atoms with E-state index in [-0.39, 0.29) is 0 Å². The smallest absolute Gasteiger partial charge is 0.267 e. The third kappa shape index (κ3) is 3.85. The van der Waals surface area contributed by atoms with Crippen LogP contribution in [0.15, 0.2) is 36.5 Å². The molecule has 0 saturated carbocycles. The van der Waals surface area contributed by atoms with Gasteiger partial charge in [0.05, 0.1) is 11.9 Å². The maximum atomic E-state index is 11.3. The maximum Gasteiger partial charge on any atom is 0.267 e. The van der Waals surface area contributed by atoms with Crippen molar-refractivity contribution >= 4 is 5.91 Å². The van der Waals surface area contributed by atoms with E-state index in [9.17, 15) is 4.79 Å².